The van der Waals surface area contributed by atoms with E-state index in [1.165, 1.54) is 0 Å². The Labute approximate surface area is 100 Å². The topological polar surface area (TPSA) is 75.5 Å². The van der Waals surface area contributed by atoms with Gasteiger partial charge in [-0.3, -0.25) is 0 Å². The lowest BCUT2D eigenvalue weighted by molar-refractivity contribution is -0.150. The molecule has 1 aliphatic heterocycles. The Bertz CT molecular complexity index is 573. The molecule has 1 aromatic rings. The third-order valence-electron chi connectivity index (χ3n) is 2.34. The number of rotatable bonds is 1. The van der Waals surface area contributed by atoms with Gasteiger partial charge in [0.25, 0.3) is 0 Å². The zero-order valence-electron chi connectivity index (χ0n) is 8.60. The summed E-state index contributed by atoms with van der Waals surface area (Å²) in [6, 6.07) is 0. The van der Waals surface area contributed by atoms with Gasteiger partial charge in [-0.1, -0.05) is 0 Å². The van der Waals surface area contributed by atoms with E-state index < -0.39 is 53.2 Å². The fourth-order valence-electron chi connectivity index (χ4n) is 1.50. The van der Waals surface area contributed by atoms with Crippen LogP contribution in [0, 0.1) is 29.1 Å². The lowest BCUT2D eigenvalue weighted by Gasteiger charge is -2.21. The smallest absolute Gasteiger partial charge is 0.616 e. The summed E-state index contributed by atoms with van der Waals surface area (Å²) in [4.78, 5) is 21.4. The van der Waals surface area contributed by atoms with Crippen molar-refractivity contribution < 1.29 is 45.9 Å². The summed E-state index contributed by atoms with van der Waals surface area (Å²) in [5.74, 6) is -15.5. The molecular weight excluding hydrogens is 282 g/mol. The highest BCUT2D eigenvalue weighted by Crippen LogP contribution is 2.22. The van der Waals surface area contributed by atoms with E-state index in [1.807, 2.05) is 0 Å². The van der Waals surface area contributed by atoms with Gasteiger partial charge in [0.1, 0.15) is 11.6 Å². The van der Waals surface area contributed by atoms with Gasteiger partial charge in [-0.05, 0) is 0 Å². The molecule has 102 valence electrons. The minimum Gasteiger partial charge on any atom is -0.616 e. The molecule has 1 aromatic carbocycles. The Morgan fingerprint density at radius 2 is 1.05 bits per heavy atom. The molecular formula is C8H2BF5O5. The number of carbonyl (C=O) groups is 2. The monoisotopic (exact) mass is 284 g/mol. The Kier molecular flexibility index (Phi) is 2.73. The molecule has 0 bridgehead atoms. The van der Waals surface area contributed by atoms with Gasteiger partial charge in [0, 0.05) is 0 Å². The maximum atomic E-state index is 13.3. The summed E-state index contributed by atoms with van der Waals surface area (Å²) in [7, 11) is 0. The third kappa shape index (κ3) is 1.73. The van der Waals surface area contributed by atoms with E-state index in [0.717, 1.165) is 0 Å². The van der Waals surface area contributed by atoms with E-state index in [-0.39, 0.29) is 0 Å². The Hall–Kier alpha value is -2.17. The SMILES string of the molecule is O=C1O[B-]([OH2+])(c2c(F)c(F)c(F)c(F)c2F)OC1=O. The molecule has 2 N–H and O–H groups in total. The van der Waals surface area contributed by atoms with Gasteiger partial charge in [-0.25, -0.2) is 31.5 Å². The summed E-state index contributed by atoms with van der Waals surface area (Å²) >= 11 is 0. The van der Waals surface area contributed by atoms with Crippen LogP contribution >= 0.6 is 0 Å². The van der Waals surface area contributed by atoms with E-state index in [0.29, 0.717) is 0 Å². The largest absolute Gasteiger partial charge is 0.719 e. The Balaban J connectivity index is 2.71. The maximum absolute atomic E-state index is 13.3. The molecule has 0 unspecified atom stereocenters. The standard InChI is InChI=1S/C8H2BF5O5/c10-2-1(3(11)5(13)6(14)4(2)12)9(17)18-7(15)8(16)19-9/h17H2. The predicted molar refractivity (Wildman–Crippen MR) is 47.4 cm³/mol. The highest BCUT2D eigenvalue weighted by Gasteiger charge is 2.57. The number of hydrogen-bond acceptors (Lipinski definition) is 4. The number of halogens is 5. The van der Waals surface area contributed by atoms with Crippen LogP contribution < -0.4 is 5.46 Å². The molecule has 0 amide bonds. The molecule has 0 atom stereocenters. The van der Waals surface area contributed by atoms with Crippen LogP contribution in [0.3, 0.4) is 0 Å². The summed E-state index contributed by atoms with van der Waals surface area (Å²) in [6.45, 7) is -4.20. The van der Waals surface area contributed by atoms with E-state index >= 15 is 0 Å². The molecule has 0 saturated carbocycles. The average molecular weight is 284 g/mol. The van der Waals surface area contributed by atoms with Gasteiger partial charge in [0.05, 0.1) is 5.46 Å². The first-order valence-corrected chi connectivity index (χ1v) is 4.56. The van der Waals surface area contributed by atoms with Crippen LogP contribution in [0.4, 0.5) is 22.0 Å². The van der Waals surface area contributed by atoms with Crippen LogP contribution in [-0.4, -0.2) is 23.7 Å². The van der Waals surface area contributed by atoms with Crippen LogP contribution in [0.25, 0.3) is 0 Å². The summed E-state index contributed by atoms with van der Waals surface area (Å²) in [5.41, 5.74) is -1.82. The third-order valence-corrected chi connectivity index (χ3v) is 2.34. The zero-order chi connectivity index (χ0) is 14.5. The molecule has 5 nitrogen and oxygen atoms in total. The maximum Gasteiger partial charge on any atom is 0.719 e. The lowest BCUT2D eigenvalue weighted by atomic mass is 9.69. The molecule has 0 spiro atoms. The molecule has 2 rings (SSSR count). The quantitative estimate of drug-likeness (QED) is 0.171. The first kappa shape index (κ1) is 13.3. The summed E-state index contributed by atoms with van der Waals surface area (Å²) < 4.78 is 73.1. The van der Waals surface area contributed by atoms with Crippen LogP contribution in [0.15, 0.2) is 0 Å². The highest BCUT2D eigenvalue weighted by atomic mass is 19.2. The average Bonchev–Trinajstić information content (AvgIpc) is 2.59. The van der Waals surface area contributed by atoms with Crippen molar-refractivity contribution >= 4 is 24.2 Å². The molecule has 0 aliphatic carbocycles. The highest BCUT2D eigenvalue weighted by molar-refractivity contribution is 6.81. The van der Waals surface area contributed by atoms with Crippen molar-refractivity contribution in [1.29, 1.82) is 0 Å². The second kappa shape index (κ2) is 3.92. The van der Waals surface area contributed by atoms with Gasteiger partial charge in [-0.15, -0.1) is 0 Å². The van der Waals surface area contributed by atoms with Crippen molar-refractivity contribution in [2.75, 3.05) is 0 Å². The molecule has 1 heterocycles. The van der Waals surface area contributed by atoms with Crippen LogP contribution in [0.1, 0.15) is 0 Å². The molecule has 1 fully saturated rings. The van der Waals surface area contributed by atoms with Crippen LogP contribution in [0.5, 0.6) is 0 Å². The normalized spacial score (nSPS) is 17.4. The second-order valence-electron chi connectivity index (χ2n) is 3.51. The molecule has 1 saturated heterocycles. The predicted octanol–water partition coefficient (Wildman–Crippen LogP) is -0.647. The molecule has 19 heavy (non-hydrogen) atoms. The lowest BCUT2D eigenvalue weighted by Crippen LogP contribution is -2.55. The van der Waals surface area contributed by atoms with Gasteiger partial charge < -0.3 is 14.3 Å². The Morgan fingerprint density at radius 1 is 0.737 bits per heavy atom. The molecule has 11 heteroatoms. The van der Waals surface area contributed by atoms with Crippen molar-refractivity contribution in [2.45, 2.75) is 0 Å². The second-order valence-corrected chi connectivity index (χ2v) is 3.51. The fraction of sp³-hybridized carbons (Fsp3) is 0. The van der Waals surface area contributed by atoms with Crippen LogP contribution in [-0.2, 0) is 18.9 Å². The molecule has 0 radical (unpaired) electrons. The van der Waals surface area contributed by atoms with Gasteiger partial charge in [0.15, 0.2) is 17.5 Å². The minimum absolute atomic E-state index is 1.76. The fourth-order valence-corrected chi connectivity index (χ4v) is 1.50. The van der Waals surface area contributed by atoms with E-state index in [2.05, 4.69) is 9.31 Å². The van der Waals surface area contributed by atoms with Crippen molar-refractivity contribution in [3.8, 4) is 0 Å². The van der Waals surface area contributed by atoms with Gasteiger partial charge in [-0.2, -0.15) is 0 Å². The first-order valence-electron chi connectivity index (χ1n) is 4.56. The van der Waals surface area contributed by atoms with Gasteiger partial charge in [0.2, 0.25) is 0 Å². The van der Waals surface area contributed by atoms with Crippen molar-refractivity contribution in [3.63, 3.8) is 0 Å². The number of benzene rings is 1. The summed E-state index contributed by atoms with van der Waals surface area (Å²) in [6.07, 6.45) is 0. The zero-order valence-corrected chi connectivity index (χ0v) is 8.60. The van der Waals surface area contributed by atoms with Crippen molar-refractivity contribution in [2.24, 2.45) is 0 Å². The van der Waals surface area contributed by atoms with Gasteiger partial charge >= 0.3 is 18.7 Å². The Morgan fingerprint density at radius 3 is 1.42 bits per heavy atom. The first-order chi connectivity index (χ1) is 8.69. The van der Waals surface area contributed by atoms with E-state index in [4.69, 9.17) is 5.02 Å². The van der Waals surface area contributed by atoms with Crippen LogP contribution in [0.2, 0.25) is 0 Å². The number of hydrogen-bond donors (Lipinski definition) is 0. The number of carbonyl (C=O) groups excluding carboxylic acids is 2. The molecule has 0 aromatic heterocycles. The minimum atomic E-state index is -4.20. The molecule has 1 aliphatic rings. The van der Waals surface area contributed by atoms with Crippen molar-refractivity contribution in [1.82, 2.24) is 0 Å². The van der Waals surface area contributed by atoms with E-state index in [9.17, 15) is 31.5 Å². The van der Waals surface area contributed by atoms with Crippen molar-refractivity contribution in [3.05, 3.63) is 29.1 Å². The summed E-state index contributed by atoms with van der Waals surface area (Å²) in [5, 5.41) is 7.27. The van der Waals surface area contributed by atoms with E-state index in [1.54, 1.807) is 0 Å².